The molecule has 1 aromatic carbocycles. The van der Waals surface area contributed by atoms with Crippen molar-refractivity contribution in [1.82, 2.24) is 10.3 Å². The van der Waals surface area contributed by atoms with Crippen LogP contribution in [0.2, 0.25) is 0 Å². The first-order valence-corrected chi connectivity index (χ1v) is 12.0. The highest BCUT2D eigenvalue weighted by molar-refractivity contribution is 5.99. The van der Waals surface area contributed by atoms with E-state index in [1.165, 1.54) is 7.11 Å². The molecule has 0 aliphatic rings. The number of rotatable bonds is 10. The van der Waals surface area contributed by atoms with E-state index < -0.39 is 23.8 Å². The molecule has 0 radical (unpaired) electrons. The molecular formula is C28H36N4O5. The van der Waals surface area contributed by atoms with Crippen LogP contribution in [0.25, 0.3) is 11.1 Å². The van der Waals surface area contributed by atoms with E-state index in [9.17, 15) is 14.4 Å². The Labute approximate surface area is 218 Å². The Balaban J connectivity index is 2.48. The molecule has 37 heavy (non-hydrogen) atoms. The van der Waals surface area contributed by atoms with Gasteiger partial charge in [0.15, 0.2) is 0 Å². The highest BCUT2D eigenvalue weighted by Crippen LogP contribution is 2.33. The molecule has 2 rings (SSSR count). The summed E-state index contributed by atoms with van der Waals surface area (Å²) in [7, 11) is 1.27. The number of hydrogen-bond acceptors (Lipinski definition) is 6. The number of ether oxygens (including phenoxy) is 2. The zero-order valence-electron chi connectivity index (χ0n) is 22.1. The topological polar surface area (TPSA) is 119 Å². The maximum absolute atomic E-state index is 12.9. The van der Waals surface area contributed by atoms with Gasteiger partial charge in [-0.1, -0.05) is 25.1 Å². The summed E-state index contributed by atoms with van der Waals surface area (Å²) in [5.74, 6) is -0.604. The average molecular weight is 509 g/mol. The number of pyridine rings is 1. The first-order chi connectivity index (χ1) is 17.5. The van der Waals surface area contributed by atoms with Crippen molar-refractivity contribution in [2.75, 3.05) is 17.7 Å². The van der Waals surface area contributed by atoms with Gasteiger partial charge in [0.1, 0.15) is 5.60 Å². The monoisotopic (exact) mass is 508 g/mol. The van der Waals surface area contributed by atoms with Crippen molar-refractivity contribution >= 4 is 29.5 Å². The van der Waals surface area contributed by atoms with Crippen molar-refractivity contribution in [2.24, 2.45) is 5.92 Å². The van der Waals surface area contributed by atoms with E-state index in [-0.39, 0.29) is 11.8 Å². The fourth-order valence-electron chi connectivity index (χ4n) is 3.51. The lowest BCUT2D eigenvalue weighted by atomic mass is 9.99. The fraction of sp³-hybridized carbons (Fsp3) is 0.357. The van der Waals surface area contributed by atoms with Crippen LogP contribution in [0.15, 0.2) is 61.8 Å². The number of aromatic nitrogens is 1. The lowest BCUT2D eigenvalue weighted by Gasteiger charge is -2.23. The summed E-state index contributed by atoms with van der Waals surface area (Å²) < 4.78 is 10.1. The number of nitrogens with one attached hydrogen (secondary N) is 3. The highest BCUT2D eigenvalue weighted by Gasteiger charge is 2.22. The predicted molar refractivity (Wildman–Crippen MR) is 145 cm³/mol. The molecule has 1 heterocycles. The minimum absolute atomic E-state index is 0.223. The Morgan fingerprint density at radius 2 is 1.81 bits per heavy atom. The molecule has 198 valence electrons. The van der Waals surface area contributed by atoms with Gasteiger partial charge in [-0.15, -0.1) is 13.2 Å². The second kappa shape index (κ2) is 13.2. The highest BCUT2D eigenvalue weighted by atomic mass is 16.6. The predicted octanol–water partition coefficient (Wildman–Crippen LogP) is 6.22. The van der Waals surface area contributed by atoms with Gasteiger partial charge < -0.3 is 20.1 Å². The van der Waals surface area contributed by atoms with Crippen molar-refractivity contribution in [3.05, 3.63) is 67.5 Å². The number of hydrogen-bond donors (Lipinski definition) is 3. The summed E-state index contributed by atoms with van der Waals surface area (Å²) in [4.78, 5) is 41.5. The van der Waals surface area contributed by atoms with Crippen molar-refractivity contribution in [3.63, 3.8) is 0 Å². The van der Waals surface area contributed by atoms with E-state index in [1.807, 2.05) is 13.0 Å². The minimum atomic E-state index is -0.646. The molecule has 9 nitrogen and oxygen atoms in total. The Bertz CT molecular complexity index is 1140. The van der Waals surface area contributed by atoms with Gasteiger partial charge in [0.2, 0.25) is 5.91 Å². The van der Waals surface area contributed by atoms with Crippen LogP contribution >= 0.6 is 0 Å². The molecule has 3 N–H and O–H groups in total. The second-order valence-corrected chi connectivity index (χ2v) is 9.31. The van der Waals surface area contributed by atoms with E-state index in [0.29, 0.717) is 35.5 Å². The number of alkyl carbamates (subject to hydrolysis) is 1. The Morgan fingerprint density at radius 1 is 1.08 bits per heavy atom. The van der Waals surface area contributed by atoms with Gasteiger partial charge in [-0.05, 0) is 63.4 Å². The van der Waals surface area contributed by atoms with Gasteiger partial charge in [-0.2, -0.15) is 0 Å². The van der Waals surface area contributed by atoms with Crippen molar-refractivity contribution in [3.8, 4) is 11.1 Å². The molecule has 2 atom stereocenters. The lowest BCUT2D eigenvalue weighted by Crippen LogP contribution is -2.35. The molecule has 0 aliphatic heterocycles. The molecule has 0 aliphatic carbocycles. The van der Waals surface area contributed by atoms with Gasteiger partial charge in [-0.3, -0.25) is 15.1 Å². The fourth-order valence-corrected chi connectivity index (χ4v) is 3.51. The Hall–Kier alpha value is -4.14. The number of methoxy groups -OCH3 is 1. The number of anilines is 2. The zero-order valence-corrected chi connectivity index (χ0v) is 22.1. The third-order valence-corrected chi connectivity index (χ3v) is 5.31. The summed E-state index contributed by atoms with van der Waals surface area (Å²) in [6.07, 6.45) is 4.74. The van der Waals surface area contributed by atoms with Crippen LogP contribution in [0.4, 0.5) is 21.0 Å². The number of nitrogens with zero attached hydrogens (tertiary/aromatic N) is 1. The summed E-state index contributed by atoms with van der Waals surface area (Å²) in [6, 6.07) is 8.28. The van der Waals surface area contributed by atoms with E-state index in [0.717, 1.165) is 5.56 Å². The summed E-state index contributed by atoms with van der Waals surface area (Å²) in [5.41, 5.74) is 2.32. The molecule has 0 spiro atoms. The Kier molecular flexibility index (Phi) is 10.4. The van der Waals surface area contributed by atoms with Crippen LogP contribution in [-0.2, 0) is 14.3 Å². The van der Waals surface area contributed by atoms with E-state index in [4.69, 9.17) is 4.74 Å². The van der Waals surface area contributed by atoms with Crippen molar-refractivity contribution < 1.29 is 23.9 Å². The molecule has 0 saturated carbocycles. The number of carbonyl (C=O) groups is 3. The third kappa shape index (κ3) is 8.79. The molecule has 2 aromatic rings. The summed E-state index contributed by atoms with van der Waals surface area (Å²) in [5, 5.41) is 8.40. The van der Waals surface area contributed by atoms with Gasteiger partial charge >= 0.3 is 12.2 Å². The van der Waals surface area contributed by atoms with Crippen LogP contribution in [-0.4, -0.2) is 35.8 Å². The smallest absolute Gasteiger partial charge is 0.411 e. The van der Waals surface area contributed by atoms with Crippen LogP contribution in [0, 0.1) is 5.92 Å². The average Bonchev–Trinajstić information content (AvgIpc) is 2.83. The maximum atomic E-state index is 12.9. The van der Waals surface area contributed by atoms with E-state index in [1.54, 1.807) is 63.4 Å². The molecule has 1 unspecified atom stereocenters. The summed E-state index contributed by atoms with van der Waals surface area (Å²) >= 11 is 0. The molecule has 0 fully saturated rings. The van der Waals surface area contributed by atoms with E-state index in [2.05, 4.69) is 38.8 Å². The largest absolute Gasteiger partial charge is 0.453 e. The molecule has 3 amide bonds. The molecule has 0 bridgehead atoms. The van der Waals surface area contributed by atoms with Crippen molar-refractivity contribution in [2.45, 2.75) is 52.2 Å². The minimum Gasteiger partial charge on any atom is -0.453 e. The lowest BCUT2D eigenvalue weighted by molar-refractivity contribution is -0.118. The molecule has 1 aromatic heterocycles. The van der Waals surface area contributed by atoms with Crippen LogP contribution in [0.5, 0.6) is 0 Å². The number of carbonyl (C=O) groups excluding carboxylic acids is 3. The maximum Gasteiger partial charge on any atom is 0.411 e. The van der Waals surface area contributed by atoms with Gasteiger partial charge in [0.25, 0.3) is 0 Å². The van der Waals surface area contributed by atoms with Crippen LogP contribution < -0.4 is 16.0 Å². The van der Waals surface area contributed by atoms with Crippen LogP contribution in [0.3, 0.4) is 0 Å². The zero-order chi connectivity index (χ0) is 27.6. The van der Waals surface area contributed by atoms with Crippen molar-refractivity contribution in [1.29, 1.82) is 0 Å². The third-order valence-electron chi connectivity index (χ3n) is 5.31. The first-order valence-electron chi connectivity index (χ1n) is 12.0. The quantitative estimate of drug-likeness (QED) is 0.328. The normalized spacial score (nSPS) is 12.5. The van der Waals surface area contributed by atoms with Gasteiger partial charge in [0.05, 0.1) is 30.5 Å². The first kappa shape index (κ1) is 29.1. The Morgan fingerprint density at radius 3 is 2.41 bits per heavy atom. The molecule has 9 heteroatoms. The number of amides is 3. The number of benzene rings is 1. The van der Waals surface area contributed by atoms with E-state index >= 15 is 0 Å². The SMILES string of the molecule is C=CC[C@H](NC(=O)OC(C)(C)C)c1cc(-c2ccc(NC(=O)OC)cc2NC(=O)C(C=C)CC)ccn1. The molecule has 0 saturated heterocycles. The standard InChI is InChI=1S/C28H36N4O5/c1-8-11-22(32-27(35)37-28(4,5)6)24-16-19(14-15-29-24)21-13-12-20(30-26(34)36-7)17-23(21)31-25(33)18(9-2)10-3/h8-9,12-18,22H,1-2,10-11H2,3-7H3,(H,30,34)(H,31,33)(H,32,35)/t18?,22-/m0/s1. The molecular weight excluding hydrogens is 472 g/mol. The second-order valence-electron chi connectivity index (χ2n) is 9.31. The van der Waals surface area contributed by atoms with Gasteiger partial charge in [0, 0.05) is 17.4 Å². The van der Waals surface area contributed by atoms with Gasteiger partial charge in [-0.25, -0.2) is 9.59 Å². The summed E-state index contributed by atoms with van der Waals surface area (Å²) in [6.45, 7) is 14.8. The van der Waals surface area contributed by atoms with Crippen LogP contribution in [0.1, 0.15) is 52.3 Å².